The van der Waals surface area contributed by atoms with E-state index in [1.165, 1.54) is 4.90 Å². The van der Waals surface area contributed by atoms with E-state index in [0.29, 0.717) is 22.4 Å². The molecule has 1 aliphatic heterocycles. The second kappa shape index (κ2) is 4.27. The zero-order chi connectivity index (χ0) is 13.4. The summed E-state index contributed by atoms with van der Waals surface area (Å²) in [6, 6.07) is 14.1. The second-order valence-corrected chi connectivity index (χ2v) is 4.33. The molecule has 0 bridgehead atoms. The van der Waals surface area contributed by atoms with Gasteiger partial charge in [-0.3, -0.25) is 9.69 Å². The Labute approximate surface area is 111 Å². The summed E-state index contributed by atoms with van der Waals surface area (Å²) in [6.45, 7) is 0. The van der Waals surface area contributed by atoms with Crippen LogP contribution >= 0.6 is 0 Å². The van der Waals surface area contributed by atoms with Crippen LogP contribution in [-0.2, 0) is 0 Å². The third-order valence-corrected chi connectivity index (χ3v) is 3.22. The molecule has 1 unspecified atom stereocenters. The molecular formula is C16H11NO2. The van der Waals surface area contributed by atoms with Crippen molar-refractivity contribution in [2.75, 3.05) is 4.90 Å². The molecule has 1 N–H and O–H groups in total. The summed E-state index contributed by atoms with van der Waals surface area (Å²) >= 11 is 0. The molecule has 19 heavy (non-hydrogen) atoms. The average Bonchev–Trinajstić information content (AvgIpc) is 2.72. The first-order valence-electron chi connectivity index (χ1n) is 5.89. The van der Waals surface area contributed by atoms with Gasteiger partial charge >= 0.3 is 0 Å². The van der Waals surface area contributed by atoms with Gasteiger partial charge in [-0.15, -0.1) is 6.42 Å². The van der Waals surface area contributed by atoms with Crippen LogP contribution in [0.25, 0.3) is 0 Å². The maximum Gasteiger partial charge on any atom is 0.261 e. The van der Waals surface area contributed by atoms with Crippen molar-refractivity contribution in [3.8, 4) is 12.3 Å². The molecule has 3 rings (SSSR count). The van der Waals surface area contributed by atoms with Gasteiger partial charge in [-0.2, -0.15) is 0 Å². The van der Waals surface area contributed by atoms with Crippen LogP contribution in [0.5, 0.6) is 0 Å². The lowest BCUT2D eigenvalue weighted by Gasteiger charge is -2.21. The van der Waals surface area contributed by atoms with E-state index in [9.17, 15) is 9.90 Å². The molecule has 3 nitrogen and oxygen atoms in total. The zero-order valence-electron chi connectivity index (χ0n) is 10.1. The average molecular weight is 249 g/mol. The molecule has 0 fully saturated rings. The lowest BCUT2D eigenvalue weighted by molar-refractivity contribution is 0.0935. The maximum atomic E-state index is 12.3. The second-order valence-electron chi connectivity index (χ2n) is 4.33. The van der Waals surface area contributed by atoms with Crippen molar-refractivity contribution < 1.29 is 9.90 Å². The third-order valence-electron chi connectivity index (χ3n) is 3.22. The lowest BCUT2D eigenvalue weighted by Crippen LogP contribution is -2.27. The third kappa shape index (κ3) is 1.70. The predicted octanol–water partition coefficient (Wildman–Crippen LogP) is 2.32. The minimum Gasteiger partial charge on any atom is -0.369 e. The number of carbonyl (C=O) groups is 1. The highest BCUT2D eigenvalue weighted by atomic mass is 16.3. The number of fused-ring (bicyclic) bond motifs is 1. The molecule has 0 spiro atoms. The van der Waals surface area contributed by atoms with E-state index < -0.39 is 6.23 Å². The van der Waals surface area contributed by atoms with Gasteiger partial charge < -0.3 is 5.11 Å². The van der Waals surface area contributed by atoms with E-state index in [4.69, 9.17) is 6.42 Å². The fourth-order valence-corrected chi connectivity index (χ4v) is 2.30. The quantitative estimate of drug-likeness (QED) is 0.788. The summed E-state index contributed by atoms with van der Waals surface area (Å²) in [6.07, 6.45) is 4.39. The largest absolute Gasteiger partial charge is 0.369 e. The molecule has 1 atom stereocenters. The van der Waals surface area contributed by atoms with Gasteiger partial charge in [0, 0.05) is 22.4 Å². The van der Waals surface area contributed by atoms with Gasteiger partial charge in [-0.1, -0.05) is 30.2 Å². The summed E-state index contributed by atoms with van der Waals surface area (Å²) in [5.41, 5.74) is 2.43. The highest BCUT2D eigenvalue weighted by molar-refractivity contribution is 6.10. The van der Waals surface area contributed by atoms with Gasteiger partial charge in [0.05, 0.1) is 0 Å². The zero-order valence-corrected chi connectivity index (χ0v) is 10.1. The highest BCUT2D eigenvalue weighted by Gasteiger charge is 2.36. The van der Waals surface area contributed by atoms with Crippen LogP contribution < -0.4 is 4.90 Å². The number of aliphatic hydroxyl groups is 1. The Balaban J connectivity index is 2.09. The summed E-state index contributed by atoms with van der Waals surface area (Å²) in [5.74, 6) is 2.31. The van der Waals surface area contributed by atoms with Crippen LogP contribution in [0.2, 0.25) is 0 Å². The number of amides is 1. The van der Waals surface area contributed by atoms with Gasteiger partial charge in [0.2, 0.25) is 0 Å². The van der Waals surface area contributed by atoms with Crippen molar-refractivity contribution in [3.63, 3.8) is 0 Å². The molecule has 0 radical (unpaired) electrons. The minimum atomic E-state index is -0.961. The van der Waals surface area contributed by atoms with E-state index >= 15 is 0 Å². The molecule has 0 saturated carbocycles. The molecule has 0 aromatic heterocycles. The Morgan fingerprint density at radius 2 is 1.95 bits per heavy atom. The fourth-order valence-electron chi connectivity index (χ4n) is 2.30. The monoisotopic (exact) mass is 249 g/mol. The molecule has 1 heterocycles. The molecular weight excluding hydrogens is 238 g/mol. The van der Waals surface area contributed by atoms with Gasteiger partial charge in [0.1, 0.15) is 0 Å². The van der Waals surface area contributed by atoms with Crippen molar-refractivity contribution >= 4 is 11.6 Å². The molecule has 0 aliphatic carbocycles. The van der Waals surface area contributed by atoms with Crippen molar-refractivity contribution in [3.05, 3.63) is 65.2 Å². The van der Waals surface area contributed by atoms with Gasteiger partial charge in [-0.25, -0.2) is 0 Å². The van der Waals surface area contributed by atoms with E-state index in [1.54, 1.807) is 48.5 Å². The SMILES string of the molecule is C#Cc1cccc(N2C(=O)c3ccccc3C2O)c1. The van der Waals surface area contributed by atoms with Crippen LogP contribution in [0.1, 0.15) is 27.7 Å². The summed E-state index contributed by atoms with van der Waals surface area (Å²) in [5, 5.41) is 10.3. The van der Waals surface area contributed by atoms with Crippen LogP contribution in [-0.4, -0.2) is 11.0 Å². The maximum absolute atomic E-state index is 12.3. The first kappa shape index (κ1) is 11.5. The van der Waals surface area contributed by atoms with Gasteiger partial charge in [-0.05, 0) is 24.3 Å². The molecule has 1 amide bonds. The number of terminal acetylenes is 1. The number of benzene rings is 2. The topological polar surface area (TPSA) is 40.5 Å². The number of hydrogen-bond donors (Lipinski definition) is 1. The standard InChI is InChI=1S/C16H11NO2/c1-2-11-6-5-7-12(10-11)17-15(18)13-8-3-4-9-14(13)16(17)19/h1,3-10,15,18H. The Morgan fingerprint density at radius 3 is 2.68 bits per heavy atom. The van der Waals surface area contributed by atoms with Gasteiger partial charge in [0.25, 0.3) is 5.91 Å². The highest BCUT2D eigenvalue weighted by Crippen LogP contribution is 2.35. The number of rotatable bonds is 1. The van der Waals surface area contributed by atoms with Crippen molar-refractivity contribution in [1.82, 2.24) is 0 Å². The number of nitrogens with zero attached hydrogens (tertiary/aromatic N) is 1. The first-order chi connectivity index (χ1) is 9.22. The molecule has 3 heteroatoms. The predicted molar refractivity (Wildman–Crippen MR) is 72.6 cm³/mol. The van der Waals surface area contributed by atoms with E-state index in [2.05, 4.69) is 5.92 Å². The smallest absolute Gasteiger partial charge is 0.261 e. The van der Waals surface area contributed by atoms with E-state index in [-0.39, 0.29) is 5.91 Å². The van der Waals surface area contributed by atoms with Crippen molar-refractivity contribution in [2.24, 2.45) is 0 Å². The Morgan fingerprint density at radius 1 is 1.16 bits per heavy atom. The Bertz CT molecular complexity index is 700. The Kier molecular flexibility index (Phi) is 2.59. The molecule has 92 valence electrons. The molecule has 2 aromatic rings. The molecule has 2 aromatic carbocycles. The van der Waals surface area contributed by atoms with E-state index in [0.717, 1.165) is 0 Å². The number of hydrogen-bond acceptors (Lipinski definition) is 2. The molecule has 0 saturated heterocycles. The number of anilines is 1. The fraction of sp³-hybridized carbons (Fsp3) is 0.0625. The van der Waals surface area contributed by atoms with Crippen molar-refractivity contribution in [1.29, 1.82) is 0 Å². The normalized spacial score (nSPS) is 17.2. The van der Waals surface area contributed by atoms with Crippen molar-refractivity contribution in [2.45, 2.75) is 6.23 Å². The number of carbonyl (C=O) groups excluding carboxylic acids is 1. The minimum absolute atomic E-state index is 0.211. The Hall–Kier alpha value is -2.57. The lowest BCUT2D eigenvalue weighted by atomic mass is 10.1. The van der Waals surface area contributed by atoms with E-state index in [1.807, 2.05) is 0 Å². The van der Waals surface area contributed by atoms with Crippen LogP contribution in [0.3, 0.4) is 0 Å². The summed E-state index contributed by atoms with van der Waals surface area (Å²) < 4.78 is 0. The molecule has 1 aliphatic rings. The first-order valence-corrected chi connectivity index (χ1v) is 5.89. The van der Waals surface area contributed by atoms with Gasteiger partial charge in [0.15, 0.2) is 6.23 Å². The summed E-state index contributed by atoms with van der Waals surface area (Å²) in [7, 11) is 0. The number of aliphatic hydroxyl groups excluding tert-OH is 1. The van der Waals surface area contributed by atoms with Crippen LogP contribution in [0, 0.1) is 12.3 Å². The van der Waals surface area contributed by atoms with Crippen LogP contribution in [0.4, 0.5) is 5.69 Å². The summed E-state index contributed by atoms with van der Waals surface area (Å²) in [4.78, 5) is 13.7. The van der Waals surface area contributed by atoms with Crippen LogP contribution in [0.15, 0.2) is 48.5 Å².